The molecule has 0 N–H and O–H groups in total. The minimum Gasteiger partial charge on any atom is -0.336 e. The molecular formula is C18H19FN2. The number of hydrogen-bond donors (Lipinski definition) is 0. The van der Waals surface area contributed by atoms with Crippen molar-refractivity contribution in [1.82, 2.24) is 4.57 Å². The van der Waals surface area contributed by atoms with Crippen LogP contribution < -0.4 is 5.49 Å². The first kappa shape index (κ1) is 15.0. The molecule has 1 aromatic heterocycles. The molecule has 0 amide bonds. The third-order valence-electron chi connectivity index (χ3n) is 3.44. The zero-order valence-corrected chi connectivity index (χ0v) is 12.7. The van der Waals surface area contributed by atoms with Gasteiger partial charge in [0.15, 0.2) is 0 Å². The monoisotopic (exact) mass is 282 g/mol. The van der Waals surface area contributed by atoms with Crippen LogP contribution in [0.15, 0.2) is 54.8 Å². The number of halogens is 1. The first-order valence-electron chi connectivity index (χ1n) is 6.72. The van der Waals surface area contributed by atoms with E-state index in [1.54, 1.807) is 6.07 Å². The molecule has 2 aromatic rings. The standard InChI is InChI=1S/C18H19FN2/c1-6-20-16-11-14(9-10-21(16)5)15-8-7-13(4)17(12(2)3)18(15)19/h6-11H,1-2H2,3-5H3/b20-16-. The van der Waals surface area contributed by atoms with Crippen molar-refractivity contribution >= 4 is 5.57 Å². The Labute approximate surface area is 124 Å². The first-order chi connectivity index (χ1) is 9.95. The second kappa shape index (κ2) is 5.92. The fraction of sp³-hybridized carbons (Fsp3) is 0.167. The Morgan fingerprint density at radius 1 is 1.33 bits per heavy atom. The van der Waals surface area contributed by atoms with Gasteiger partial charge in [-0.15, -0.1) is 0 Å². The summed E-state index contributed by atoms with van der Waals surface area (Å²) in [5, 5.41) is 0. The average molecular weight is 282 g/mol. The van der Waals surface area contributed by atoms with Crippen molar-refractivity contribution in [3.05, 3.63) is 72.3 Å². The Bertz CT molecular complexity index is 782. The minimum absolute atomic E-state index is 0.235. The van der Waals surface area contributed by atoms with Gasteiger partial charge in [-0.05, 0) is 42.7 Å². The predicted octanol–water partition coefficient (Wildman–Crippen LogP) is 4.22. The number of benzene rings is 1. The summed E-state index contributed by atoms with van der Waals surface area (Å²) in [5.41, 5.74) is 4.27. The molecule has 3 heteroatoms. The van der Waals surface area contributed by atoms with Crippen molar-refractivity contribution in [3.8, 4) is 11.1 Å². The van der Waals surface area contributed by atoms with Crippen LogP contribution in [0.25, 0.3) is 16.7 Å². The highest BCUT2D eigenvalue weighted by molar-refractivity contribution is 5.73. The molecule has 0 saturated heterocycles. The maximum absolute atomic E-state index is 14.8. The summed E-state index contributed by atoms with van der Waals surface area (Å²) in [7, 11) is 1.89. The average Bonchev–Trinajstić information content (AvgIpc) is 2.41. The lowest BCUT2D eigenvalue weighted by Crippen LogP contribution is -2.16. The maximum Gasteiger partial charge on any atom is 0.138 e. The van der Waals surface area contributed by atoms with Crippen molar-refractivity contribution in [2.24, 2.45) is 12.0 Å². The Hall–Kier alpha value is -2.42. The molecule has 0 radical (unpaired) electrons. The smallest absolute Gasteiger partial charge is 0.138 e. The van der Waals surface area contributed by atoms with Crippen molar-refractivity contribution < 1.29 is 4.39 Å². The fourth-order valence-electron chi connectivity index (χ4n) is 2.37. The molecule has 108 valence electrons. The lowest BCUT2D eigenvalue weighted by molar-refractivity contribution is 0.626. The lowest BCUT2D eigenvalue weighted by atomic mass is 9.96. The van der Waals surface area contributed by atoms with E-state index in [1.807, 2.05) is 49.9 Å². The summed E-state index contributed by atoms with van der Waals surface area (Å²) in [6.45, 7) is 11.2. The molecule has 0 aliphatic rings. The summed E-state index contributed by atoms with van der Waals surface area (Å²) >= 11 is 0. The van der Waals surface area contributed by atoms with E-state index in [2.05, 4.69) is 18.2 Å². The van der Waals surface area contributed by atoms with E-state index in [4.69, 9.17) is 0 Å². The highest BCUT2D eigenvalue weighted by atomic mass is 19.1. The van der Waals surface area contributed by atoms with Crippen LogP contribution in [0.5, 0.6) is 0 Å². The van der Waals surface area contributed by atoms with E-state index < -0.39 is 0 Å². The van der Waals surface area contributed by atoms with E-state index in [0.29, 0.717) is 11.1 Å². The minimum atomic E-state index is -0.235. The molecule has 0 fully saturated rings. The highest BCUT2D eigenvalue weighted by Gasteiger charge is 2.13. The Morgan fingerprint density at radius 3 is 2.67 bits per heavy atom. The summed E-state index contributed by atoms with van der Waals surface area (Å²) in [6.07, 6.45) is 3.33. The number of hydrogen-bond acceptors (Lipinski definition) is 1. The second-order valence-corrected chi connectivity index (χ2v) is 5.10. The van der Waals surface area contributed by atoms with Gasteiger partial charge in [-0.3, -0.25) is 0 Å². The zero-order valence-electron chi connectivity index (χ0n) is 12.7. The van der Waals surface area contributed by atoms with Crippen LogP contribution in [0.4, 0.5) is 4.39 Å². The first-order valence-corrected chi connectivity index (χ1v) is 6.72. The molecule has 0 saturated carbocycles. The lowest BCUT2D eigenvalue weighted by Gasteiger charge is -2.12. The fourth-order valence-corrected chi connectivity index (χ4v) is 2.37. The second-order valence-electron chi connectivity index (χ2n) is 5.10. The quantitative estimate of drug-likeness (QED) is 0.802. The highest BCUT2D eigenvalue weighted by Crippen LogP contribution is 2.29. The molecule has 0 atom stereocenters. The maximum atomic E-state index is 14.8. The third kappa shape index (κ3) is 2.87. The van der Waals surface area contributed by atoms with E-state index >= 15 is 0 Å². The molecule has 0 aliphatic heterocycles. The zero-order chi connectivity index (χ0) is 15.6. The number of nitrogens with zero attached hydrogens (tertiary/aromatic N) is 2. The van der Waals surface area contributed by atoms with Crippen LogP contribution in [-0.2, 0) is 7.05 Å². The Balaban J connectivity index is 2.71. The van der Waals surface area contributed by atoms with Gasteiger partial charge in [0.05, 0.1) is 0 Å². The molecule has 2 nitrogen and oxygen atoms in total. The van der Waals surface area contributed by atoms with Gasteiger partial charge in [-0.25, -0.2) is 9.38 Å². The largest absolute Gasteiger partial charge is 0.336 e. The number of aryl methyl sites for hydroxylation is 2. The topological polar surface area (TPSA) is 17.3 Å². The summed E-state index contributed by atoms with van der Waals surface area (Å²) in [4.78, 5) is 4.18. The SMILES string of the molecule is C=C/N=c1/cc(-c2ccc(C)c(C(=C)C)c2F)ccn1C. The van der Waals surface area contributed by atoms with Crippen molar-refractivity contribution in [3.63, 3.8) is 0 Å². The Kier molecular flexibility index (Phi) is 4.22. The molecule has 21 heavy (non-hydrogen) atoms. The molecule has 0 spiro atoms. The molecule has 1 aromatic carbocycles. The van der Waals surface area contributed by atoms with Gasteiger partial charge in [0.2, 0.25) is 0 Å². The van der Waals surface area contributed by atoms with E-state index in [-0.39, 0.29) is 5.82 Å². The molecule has 1 heterocycles. The van der Waals surface area contributed by atoms with Crippen LogP contribution in [0, 0.1) is 12.7 Å². The molecular weight excluding hydrogens is 263 g/mol. The van der Waals surface area contributed by atoms with Crippen molar-refractivity contribution in [1.29, 1.82) is 0 Å². The molecule has 0 unspecified atom stereocenters. The van der Waals surface area contributed by atoms with Gasteiger partial charge < -0.3 is 4.57 Å². The number of aromatic nitrogens is 1. The Morgan fingerprint density at radius 2 is 2.05 bits per heavy atom. The van der Waals surface area contributed by atoms with Crippen LogP contribution in [0.1, 0.15) is 18.1 Å². The van der Waals surface area contributed by atoms with Gasteiger partial charge >= 0.3 is 0 Å². The van der Waals surface area contributed by atoms with Gasteiger partial charge in [-0.1, -0.05) is 25.3 Å². The van der Waals surface area contributed by atoms with Gasteiger partial charge in [0.1, 0.15) is 11.3 Å². The molecule has 2 rings (SSSR count). The summed E-state index contributed by atoms with van der Waals surface area (Å²) in [6, 6.07) is 7.43. The van der Waals surface area contributed by atoms with Crippen LogP contribution in [0.2, 0.25) is 0 Å². The predicted molar refractivity (Wildman–Crippen MR) is 86.0 cm³/mol. The van der Waals surface area contributed by atoms with Gasteiger partial charge in [0, 0.05) is 30.6 Å². The third-order valence-corrected chi connectivity index (χ3v) is 3.44. The van der Waals surface area contributed by atoms with Gasteiger partial charge in [0.25, 0.3) is 0 Å². The van der Waals surface area contributed by atoms with E-state index in [0.717, 1.165) is 22.2 Å². The van der Waals surface area contributed by atoms with Crippen LogP contribution in [0.3, 0.4) is 0 Å². The number of allylic oxidation sites excluding steroid dienone is 1. The van der Waals surface area contributed by atoms with Crippen molar-refractivity contribution in [2.45, 2.75) is 13.8 Å². The van der Waals surface area contributed by atoms with E-state index in [9.17, 15) is 4.39 Å². The van der Waals surface area contributed by atoms with Crippen LogP contribution >= 0.6 is 0 Å². The molecule has 0 aliphatic carbocycles. The van der Waals surface area contributed by atoms with Crippen molar-refractivity contribution in [2.75, 3.05) is 0 Å². The van der Waals surface area contributed by atoms with Crippen LogP contribution in [-0.4, -0.2) is 4.57 Å². The number of rotatable bonds is 3. The number of pyridine rings is 1. The molecule has 0 bridgehead atoms. The summed E-state index contributed by atoms with van der Waals surface area (Å²) < 4.78 is 16.6. The van der Waals surface area contributed by atoms with E-state index in [1.165, 1.54) is 6.20 Å². The van der Waals surface area contributed by atoms with Gasteiger partial charge in [-0.2, -0.15) is 0 Å². The normalized spacial score (nSPS) is 11.5. The summed E-state index contributed by atoms with van der Waals surface area (Å²) in [5.74, 6) is -0.235.